The van der Waals surface area contributed by atoms with Crippen LogP contribution in [0.4, 0.5) is 23.1 Å². The summed E-state index contributed by atoms with van der Waals surface area (Å²) in [6.07, 6.45) is 4.03. The van der Waals surface area contributed by atoms with Gasteiger partial charge in [-0.2, -0.15) is 0 Å². The zero-order valence-electron chi connectivity index (χ0n) is 19.3. The largest absolute Gasteiger partial charge is 0.493 e. The standard InChI is InChI=1S/C26H28N6O2/c1-33-21-12-11-19(16-22(21)34-2)13-15-29-25-24(27)26(31-18-30-25)32(23-10-6-7-14-28-23)17-20-8-4-3-5-9-20/h3-12,14,16,18H,13,15,17,27H2,1-2H3,(H,29,30,31). The molecule has 0 atom stereocenters. The van der Waals surface area contributed by atoms with Gasteiger partial charge in [0.2, 0.25) is 0 Å². The molecule has 4 rings (SSSR count). The first-order valence-electron chi connectivity index (χ1n) is 11.0. The highest BCUT2D eigenvalue weighted by Crippen LogP contribution is 2.32. The molecule has 0 bridgehead atoms. The Bertz CT molecular complexity index is 1200. The van der Waals surface area contributed by atoms with Crippen molar-refractivity contribution in [3.63, 3.8) is 0 Å². The molecule has 2 heterocycles. The summed E-state index contributed by atoms with van der Waals surface area (Å²) in [4.78, 5) is 15.4. The van der Waals surface area contributed by atoms with E-state index in [-0.39, 0.29) is 0 Å². The van der Waals surface area contributed by atoms with Gasteiger partial charge in [-0.3, -0.25) is 0 Å². The van der Waals surface area contributed by atoms with Crippen LogP contribution in [0.2, 0.25) is 0 Å². The van der Waals surface area contributed by atoms with Gasteiger partial charge in [0.15, 0.2) is 23.1 Å². The molecule has 0 aliphatic heterocycles. The smallest absolute Gasteiger partial charge is 0.163 e. The van der Waals surface area contributed by atoms with Gasteiger partial charge in [0.25, 0.3) is 0 Å². The van der Waals surface area contributed by atoms with Crippen molar-refractivity contribution < 1.29 is 9.47 Å². The molecule has 0 aliphatic carbocycles. The van der Waals surface area contributed by atoms with Gasteiger partial charge in [-0.15, -0.1) is 0 Å². The van der Waals surface area contributed by atoms with Crippen molar-refractivity contribution in [2.24, 2.45) is 0 Å². The average molecular weight is 457 g/mol. The van der Waals surface area contributed by atoms with Gasteiger partial charge < -0.3 is 25.4 Å². The number of benzene rings is 2. The summed E-state index contributed by atoms with van der Waals surface area (Å²) in [6.45, 7) is 1.21. The molecule has 0 amide bonds. The van der Waals surface area contributed by atoms with Crippen LogP contribution in [-0.4, -0.2) is 35.7 Å². The quantitative estimate of drug-likeness (QED) is 0.361. The average Bonchev–Trinajstić information content (AvgIpc) is 2.89. The number of hydrogen-bond donors (Lipinski definition) is 2. The summed E-state index contributed by atoms with van der Waals surface area (Å²) in [6, 6.07) is 21.8. The maximum Gasteiger partial charge on any atom is 0.163 e. The molecule has 8 heteroatoms. The van der Waals surface area contributed by atoms with E-state index in [1.807, 2.05) is 59.5 Å². The third kappa shape index (κ3) is 5.35. The maximum atomic E-state index is 6.54. The van der Waals surface area contributed by atoms with Crippen LogP contribution < -0.4 is 25.4 Å². The number of ether oxygens (including phenoxy) is 2. The SMILES string of the molecule is COc1ccc(CCNc2ncnc(N(Cc3ccccc3)c3ccccn3)c2N)cc1OC. The van der Waals surface area contributed by atoms with Crippen molar-refractivity contribution in [1.29, 1.82) is 0 Å². The Kier molecular flexibility index (Phi) is 7.39. The monoisotopic (exact) mass is 456 g/mol. The molecule has 0 unspecified atom stereocenters. The highest BCUT2D eigenvalue weighted by Gasteiger charge is 2.18. The first-order valence-corrected chi connectivity index (χ1v) is 11.0. The number of methoxy groups -OCH3 is 2. The van der Waals surface area contributed by atoms with Crippen molar-refractivity contribution in [3.05, 3.63) is 90.4 Å². The second-order valence-corrected chi connectivity index (χ2v) is 7.59. The van der Waals surface area contributed by atoms with E-state index in [2.05, 4.69) is 32.4 Å². The molecular formula is C26H28N6O2. The van der Waals surface area contributed by atoms with Crippen LogP contribution in [0.25, 0.3) is 0 Å². The van der Waals surface area contributed by atoms with Crippen molar-refractivity contribution >= 4 is 23.1 Å². The predicted molar refractivity (Wildman–Crippen MR) is 135 cm³/mol. The number of hydrogen-bond acceptors (Lipinski definition) is 8. The van der Waals surface area contributed by atoms with Gasteiger partial charge in [0.1, 0.15) is 17.8 Å². The minimum Gasteiger partial charge on any atom is -0.493 e. The highest BCUT2D eigenvalue weighted by molar-refractivity contribution is 5.78. The van der Waals surface area contributed by atoms with Gasteiger partial charge in [-0.1, -0.05) is 42.5 Å². The van der Waals surface area contributed by atoms with E-state index in [9.17, 15) is 0 Å². The summed E-state index contributed by atoms with van der Waals surface area (Å²) in [5, 5.41) is 3.34. The Morgan fingerprint density at radius 1 is 0.853 bits per heavy atom. The molecule has 3 N–H and O–H groups in total. The molecular weight excluding hydrogens is 428 g/mol. The van der Waals surface area contributed by atoms with E-state index >= 15 is 0 Å². The molecule has 0 spiro atoms. The molecule has 0 fully saturated rings. The van der Waals surface area contributed by atoms with Crippen LogP contribution >= 0.6 is 0 Å². The number of anilines is 4. The summed E-state index contributed by atoms with van der Waals surface area (Å²) in [5.74, 6) is 3.35. The molecule has 2 aromatic carbocycles. The van der Waals surface area contributed by atoms with Crippen LogP contribution in [0.1, 0.15) is 11.1 Å². The lowest BCUT2D eigenvalue weighted by Crippen LogP contribution is -2.21. The summed E-state index contributed by atoms with van der Waals surface area (Å²) in [7, 11) is 3.26. The third-order valence-electron chi connectivity index (χ3n) is 5.38. The number of nitrogens with zero attached hydrogens (tertiary/aromatic N) is 4. The molecule has 0 saturated carbocycles. The van der Waals surface area contributed by atoms with E-state index in [1.165, 1.54) is 6.33 Å². The lowest BCUT2D eigenvalue weighted by atomic mass is 10.1. The Labute approximate surface area is 199 Å². The molecule has 0 saturated heterocycles. The number of nitrogens with one attached hydrogen (secondary N) is 1. The van der Waals surface area contributed by atoms with E-state index < -0.39 is 0 Å². The van der Waals surface area contributed by atoms with Gasteiger partial charge in [0, 0.05) is 12.7 Å². The lowest BCUT2D eigenvalue weighted by molar-refractivity contribution is 0.354. The fraction of sp³-hybridized carbons (Fsp3) is 0.192. The van der Waals surface area contributed by atoms with Crippen molar-refractivity contribution in [3.8, 4) is 11.5 Å². The van der Waals surface area contributed by atoms with Crippen LogP contribution in [-0.2, 0) is 13.0 Å². The first kappa shape index (κ1) is 22.8. The first-order chi connectivity index (χ1) is 16.7. The number of rotatable bonds is 10. The topological polar surface area (TPSA) is 98.4 Å². The van der Waals surface area contributed by atoms with Crippen molar-refractivity contribution in [2.45, 2.75) is 13.0 Å². The Hall–Kier alpha value is -4.33. The summed E-state index contributed by atoms with van der Waals surface area (Å²) >= 11 is 0. The van der Waals surface area contributed by atoms with E-state index in [1.54, 1.807) is 20.4 Å². The van der Waals surface area contributed by atoms with Gasteiger partial charge >= 0.3 is 0 Å². The maximum absolute atomic E-state index is 6.54. The number of nitrogen functional groups attached to an aromatic ring is 1. The second kappa shape index (κ2) is 11.0. The van der Waals surface area contributed by atoms with Crippen LogP contribution in [0.3, 0.4) is 0 Å². The van der Waals surface area contributed by atoms with E-state index in [0.717, 1.165) is 23.4 Å². The Morgan fingerprint density at radius 3 is 2.38 bits per heavy atom. The Balaban J connectivity index is 1.53. The summed E-state index contributed by atoms with van der Waals surface area (Å²) < 4.78 is 10.7. The third-order valence-corrected chi connectivity index (χ3v) is 5.38. The molecule has 4 aromatic rings. The minimum absolute atomic E-state index is 0.469. The van der Waals surface area contributed by atoms with E-state index in [4.69, 9.17) is 15.2 Å². The van der Waals surface area contributed by atoms with Crippen LogP contribution in [0.15, 0.2) is 79.3 Å². The van der Waals surface area contributed by atoms with Crippen LogP contribution in [0, 0.1) is 0 Å². The van der Waals surface area contributed by atoms with Gasteiger partial charge in [-0.25, -0.2) is 15.0 Å². The summed E-state index contributed by atoms with van der Waals surface area (Å²) in [5.41, 5.74) is 9.24. The van der Waals surface area contributed by atoms with E-state index in [0.29, 0.717) is 41.9 Å². The minimum atomic E-state index is 0.469. The molecule has 8 nitrogen and oxygen atoms in total. The second-order valence-electron chi connectivity index (χ2n) is 7.59. The molecule has 0 radical (unpaired) electrons. The predicted octanol–water partition coefficient (Wildman–Crippen LogP) is 4.46. The number of pyridine rings is 1. The Morgan fingerprint density at radius 2 is 1.65 bits per heavy atom. The van der Waals surface area contributed by atoms with Gasteiger partial charge in [0.05, 0.1) is 20.8 Å². The van der Waals surface area contributed by atoms with Crippen LogP contribution in [0.5, 0.6) is 11.5 Å². The van der Waals surface area contributed by atoms with Crippen molar-refractivity contribution in [2.75, 3.05) is 36.7 Å². The normalized spacial score (nSPS) is 10.5. The molecule has 34 heavy (non-hydrogen) atoms. The lowest BCUT2D eigenvalue weighted by Gasteiger charge is -2.25. The number of aromatic nitrogens is 3. The fourth-order valence-corrected chi connectivity index (χ4v) is 3.65. The van der Waals surface area contributed by atoms with Crippen molar-refractivity contribution in [1.82, 2.24) is 15.0 Å². The zero-order valence-corrected chi connectivity index (χ0v) is 19.3. The molecule has 174 valence electrons. The van der Waals surface area contributed by atoms with Gasteiger partial charge in [-0.05, 0) is 41.8 Å². The zero-order chi connectivity index (χ0) is 23.8. The highest BCUT2D eigenvalue weighted by atomic mass is 16.5. The molecule has 0 aliphatic rings. The fourth-order valence-electron chi connectivity index (χ4n) is 3.65. The molecule has 2 aromatic heterocycles. The number of nitrogens with two attached hydrogens (primary N) is 1.